The summed E-state index contributed by atoms with van der Waals surface area (Å²) in [6, 6.07) is 11.7. The van der Waals surface area contributed by atoms with E-state index in [0.29, 0.717) is 16.9 Å². The SMILES string of the molecule is CS(=O)(=O)Nc1cc2c(cc1Oc1ccccc1)C(O)CC2=O. The number of anilines is 1. The summed E-state index contributed by atoms with van der Waals surface area (Å²) in [6.45, 7) is 0. The number of sulfonamides is 1. The van der Waals surface area contributed by atoms with Crippen LogP contribution in [0.3, 0.4) is 0 Å². The van der Waals surface area contributed by atoms with Gasteiger partial charge in [0.1, 0.15) is 5.75 Å². The van der Waals surface area contributed by atoms with E-state index in [1.807, 2.05) is 6.07 Å². The molecule has 0 saturated heterocycles. The molecule has 0 fully saturated rings. The van der Waals surface area contributed by atoms with Crippen LogP contribution in [0.2, 0.25) is 0 Å². The Bertz CT molecular complexity index is 862. The number of hydrogen-bond donors (Lipinski definition) is 2. The zero-order valence-electron chi connectivity index (χ0n) is 12.3. The van der Waals surface area contributed by atoms with E-state index >= 15 is 0 Å². The number of carbonyl (C=O) groups is 1. The monoisotopic (exact) mass is 333 g/mol. The van der Waals surface area contributed by atoms with Gasteiger partial charge in [-0.05, 0) is 29.8 Å². The molecule has 1 aliphatic carbocycles. The van der Waals surface area contributed by atoms with Crippen LogP contribution >= 0.6 is 0 Å². The Morgan fingerprint density at radius 1 is 1.22 bits per heavy atom. The van der Waals surface area contributed by atoms with Gasteiger partial charge in [0.25, 0.3) is 0 Å². The van der Waals surface area contributed by atoms with E-state index in [9.17, 15) is 18.3 Å². The third-order valence-corrected chi connectivity index (χ3v) is 4.05. The number of fused-ring (bicyclic) bond motifs is 1. The maximum absolute atomic E-state index is 11.9. The number of aliphatic hydroxyl groups excluding tert-OH is 1. The van der Waals surface area contributed by atoms with E-state index in [-0.39, 0.29) is 23.6 Å². The Kier molecular flexibility index (Phi) is 3.83. The number of rotatable bonds is 4. The second-order valence-electron chi connectivity index (χ2n) is 5.37. The van der Waals surface area contributed by atoms with Crippen LogP contribution in [0.1, 0.15) is 28.4 Å². The van der Waals surface area contributed by atoms with E-state index in [1.165, 1.54) is 12.1 Å². The van der Waals surface area contributed by atoms with Gasteiger partial charge in [0.2, 0.25) is 10.0 Å². The van der Waals surface area contributed by atoms with Crippen LogP contribution in [0.4, 0.5) is 5.69 Å². The second kappa shape index (κ2) is 5.68. The molecule has 23 heavy (non-hydrogen) atoms. The molecule has 6 nitrogen and oxygen atoms in total. The van der Waals surface area contributed by atoms with Crippen molar-refractivity contribution in [3.05, 3.63) is 53.6 Å². The first-order chi connectivity index (χ1) is 10.8. The van der Waals surface area contributed by atoms with Crippen LogP contribution in [0.15, 0.2) is 42.5 Å². The number of carbonyl (C=O) groups excluding carboxylic acids is 1. The summed E-state index contributed by atoms with van der Waals surface area (Å²) in [4.78, 5) is 11.9. The molecule has 0 saturated carbocycles. The number of para-hydroxylation sites is 1. The fourth-order valence-electron chi connectivity index (χ4n) is 2.49. The molecular formula is C16H15NO5S. The number of nitrogens with one attached hydrogen (secondary N) is 1. The molecule has 0 spiro atoms. The number of Topliss-reactive ketones (excluding diaryl/α,β-unsaturated/α-hetero) is 1. The van der Waals surface area contributed by atoms with Gasteiger partial charge in [-0.2, -0.15) is 0 Å². The summed E-state index contributed by atoms with van der Waals surface area (Å²) < 4.78 is 31.2. The molecule has 0 bridgehead atoms. The first-order valence-corrected chi connectivity index (χ1v) is 8.82. The molecule has 7 heteroatoms. The molecule has 0 aromatic heterocycles. The van der Waals surface area contributed by atoms with E-state index < -0.39 is 16.1 Å². The average Bonchev–Trinajstić information content (AvgIpc) is 2.73. The van der Waals surface area contributed by atoms with E-state index in [0.717, 1.165) is 6.26 Å². The minimum absolute atomic E-state index is 0.0115. The number of aliphatic hydroxyl groups is 1. The highest BCUT2D eigenvalue weighted by Gasteiger charge is 2.30. The lowest BCUT2D eigenvalue weighted by atomic mass is 10.1. The van der Waals surface area contributed by atoms with Crippen LogP contribution in [-0.4, -0.2) is 25.6 Å². The highest BCUT2D eigenvalue weighted by atomic mass is 32.2. The molecule has 0 amide bonds. The molecule has 1 unspecified atom stereocenters. The van der Waals surface area contributed by atoms with Gasteiger partial charge in [0, 0.05) is 12.0 Å². The Hall–Kier alpha value is -2.38. The smallest absolute Gasteiger partial charge is 0.229 e. The van der Waals surface area contributed by atoms with E-state index in [2.05, 4.69) is 4.72 Å². The van der Waals surface area contributed by atoms with Crippen LogP contribution in [0, 0.1) is 0 Å². The fraction of sp³-hybridized carbons (Fsp3) is 0.188. The average molecular weight is 333 g/mol. The first-order valence-electron chi connectivity index (χ1n) is 6.93. The number of ether oxygens (including phenoxy) is 1. The molecule has 2 aromatic carbocycles. The normalized spacial score (nSPS) is 17.0. The van der Waals surface area contributed by atoms with Gasteiger partial charge in [-0.15, -0.1) is 0 Å². The molecule has 2 N–H and O–H groups in total. The molecule has 120 valence electrons. The zero-order chi connectivity index (χ0) is 16.6. The van der Waals surface area contributed by atoms with Crippen molar-refractivity contribution >= 4 is 21.5 Å². The van der Waals surface area contributed by atoms with Gasteiger partial charge in [-0.1, -0.05) is 18.2 Å². The molecule has 2 aromatic rings. The third kappa shape index (κ3) is 3.35. The minimum atomic E-state index is -3.54. The summed E-state index contributed by atoms with van der Waals surface area (Å²) >= 11 is 0. The molecule has 0 aliphatic heterocycles. The topological polar surface area (TPSA) is 92.7 Å². The Morgan fingerprint density at radius 2 is 1.91 bits per heavy atom. The highest BCUT2D eigenvalue weighted by Crippen LogP contribution is 2.40. The summed E-state index contributed by atoms with van der Waals surface area (Å²) in [7, 11) is -3.54. The van der Waals surface area contributed by atoms with Crippen molar-refractivity contribution in [1.82, 2.24) is 0 Å². The second-order valence-corrected chi connectivity index (χ2v) is 7.12. The van der Waals surface area contributed by atoms with Crippen LogP contribution in [0.25, 0.3) is 0 Å². The fourth-order valence-corrected chi connectivity index (χ4v) is 3.05. The Labute approximate surface area is 133 Å². The lowest BCUT2D eigenvalue weighted by Gasteiger charge is -2.14. The van der Waals surface area contributed by atoms with Gasteiger partial charge < -0.3 is 9.84 Å². The van der Waals surface area contributed by atoms with Crippen molar-refractivity contribution < 1.29 is 23.1 Å². The number of benzene rings is 2. The standard InChI is InChI=1S/C16H15NO5S/c1-23(20,21)17-13-7-11-12(15(19)9-14(11)18)8-16(13)22-10-5-3-2-4-6-10/h2-8,15,17,19H,9H2,1H3. The zero-order valence-corrected chi connectivity index (χ0v) is 13.1. The lowest BCUT2D eigenvalue weighted by Crippen LogP contribution is -2.11. The predicted octanol–water partition coefficient (Wildman–Crippen LogP) is 2.47. The van der Waals surface area contributed by atoms with Crippen LogP contribution in [0.5, 0.6) is 11.5 Å². The molecule has 3 rings (SSSR count). The largest absolute Gasteiger partial charge is 0.455 e. The molecule has 1 atom stereocenters. The maximum atomic E-state index is 11.9. The minimum Gasteiger partial charge on any atom is -0.455 e. The Morgan fingerprint density at radius 3 is 2.57 bits per heavy atom. The van der Waals surface area contributed by atoms with Gasteiger partial charge in [0.15, 0.2) is 11.5 Å². The van der Waals surface area contributed by atoms with E-state index in [1.54, 1.807) is 24.3 Å². The molecule has 1 aliphatic rings. The summed E-state index contributed by atoms with van der Waals surface area (Å²) in [5, 5.41) is 9.95. The molecular weight excluding hydrogens is 318 g/mol. The van der Waals surface area contributed by atoms with Crippen molar-refractivity contribution in [3.63, 3.8) is 0 Å². The van der Waals surface area contributed by atoms with Crippen molar-refractivity contribution in [2.45, 2.75) is 12.5 Å². The third-order valence-electron chi connectivity index (χ3n) is 3.46. The Balaban J connectivity index is 2.08. The summed E-state index contributed by atoms with van der Waals surface area (Å²) in [5.74, 6) is 0.521. The maximum Gasteiger partial charge on any atom is 0.229 e. The predicted molar refractivity (Wildman–Crippen MR) is 85.3 cm³/mol. The van der Waals surface area contributed by atoms with Crippen molar-refractivity contribution in [3.8, 4) is 11.5 Å². The number of ketones is 1. The van der Waals surface area contributed by atoms with Crippen LogP contribution < -0.4 is 9.46 Å². The van der Waals surface area contributed by atoms with E-state index in [4.69, 9.17) is 4.74 Å². The summed E-state index contributed by atoms with van der Waals surface area (Å²) in [6.07, 6.45) is 0.105. The van der Waals surface area contributed by atoms with Gasteiger partial charge in [0.05, 0.1) is 18.0 Å². The first kappa shape index (κ1) is 15.5. The van der Waals surface area contributed by atoms with Gasteiger partial charge in [-0.3, -0.25) is 9.52 Å². The number of hydrogen-bond acceptors (Lipinski definition) is 5. The molecule has 0 heterocycles. The summed E-state index contributed by atoms with van der Waals surface area (Å²) in [5.41, 5.74) is 0.918. The van der Waals surface area contributed by atoms with Gasteiger partial charge in [-0.25, -0.2) is 8.42 Å². The van der Waals surface area contributed by atoms with Crippen molar-refractivity contribution in [1.29, 1.82) is 0 Å². The quantitative estimate of drug-likeness (QED) is 0.896. The highest BCUT2D eigenvalue weighted by molar-refractivity contribution is 7.92. The van der Waals surface area contributed by atoms with Crippen molar-refractivity contribution in [2.24, 2.45) is 0 Å². The lowest BCUT2D eigenvalue weighted by molar-refractivity contribution is 0.0930. The van der Waals surface area contributed by atoms with Gasteiger partial charge >= 0.3 is 0 Å². The van der Waals surface area contributed by atoms with Crippen LogP contribution in [-0.2, 0) is 10.0 Å². The van der Waals surface area contributed by atoms with Crippen molar-refractivity contribution in [2.75, 3.05) is 11.0 Å². The molecule has 0 radical (unpaired) electrons.